The van der Waals surface area contributed by atoms with Gasteiger partial charge in [0.25, 0.3) is 0 Å². The lowest BCUT2D eigenvalue weighted by Crippen LogP contribution is -2.28. The van der Waals surface area contributed by atoms with Crippen LogP contribution in [-0.2, 0) is 9.53 Å². The topological polar surface area (TPSA) is 52.3 Å². The lowest BCUT2D eigenvalue weighted by molar-refractivity contribution is -0.156. The molecular formula is C14H20FNO2. The van der Waals surface area contributed by atoms with Gasteiger partial charge >= 0.3 is 5.97 Å². The zero-order chi connectivity index (χ0) is 13.9. The van der Waals surface area contributed by atoms with Crippen LogP contribution in [0.5, 0.6) is 0 Å². The van der Waals surface area contributed by atoms with Gasteiger partial charge in [-0.3, -0.25) is 4.79 Å². The minimum absolute atomic E-state index is 0.373. The largest absolute Gasteiger partial charge is 0.459 e. The van der Waals surface area contributed by atoms with Crippen molar-refractivity contribution in [3.05, 3.63) is 29.6 Å². The smallest absolute Gasteiger partial charge is 0.314 e. The lowest BCUT2D eigenvalue weighted by Gasteiger charge is -2.24. The molecule has 2 N–H and O–H groups in total. The minimum atomic E-state index is -0.563. The first-order valence-corrected chi connectivity index (χ1v) is 6.02. The van der Waals surface area contributed by atoms with Crippen LogP contribution in [-0.4, -0.2) is 11.6 Å². The Morgan fingerprint density at radius 2 is 2.06 bits per heavy atom. The van der Waals surface area contributed by atoms with Crippen LogP contribution in [0.15, 0.2) is 18.2 Å². The summed E-state index contributed by atoms with van der Waals surface area (Å²) < 4.78 is 18.6. The molecule has 100 valence electrons. The molecule has 0 saturated carbocycles. The molecule has 1 atom stereocenters. The molecule has 1 unspecified atom stereocenters. The van der Waals surface area contributed by atoms with Gasteiger partial charge in [0.2, 0.25) is 0 Å². The summed E-state index contributed by atoms with van der Waals surface area (Å²) in [7, 11) is 0. The summed E-state index contributed by atoms with van der Waals surface area (Å²) in [5, 5.41) is 0. The van der Waals surface area contributed by atoms with Gasteiger partial charge in [0.1, 0.15) is 11.4 Å². The Kier molecular flexibility index (Phi) is 4.33. The Labute approximate surface area is 107 Å². The molecule has 3 nitrogen and oxygen atoms in total. The molecular weight excluding hydrogens is 233 g/mol. The Balaban J connectivity index is 3.02. The van der Waals surface area contributed by atoms with Crippen molar-refractivity contribution in [1.82, 2.24) is 0 Å². The Morgan fingerprint density at radius 3 is 2.56 bits per heavy atom. The number of ether oxygens (including phenoxy) is 1. The molecule has 0 amide bonds. The van der Waals surface area contributed by atoms with Gasteiger partial charge in [-0.15, -0.1) is 0 Å². The summed E-state index contributed by atoms with van der Waals surface area (Å²) in [6, 6.07) is 4.05. The average molecular weight is 253 g/mol. The number of anilines is 1. The van der Waals surface area contributed by atoms with Crippen LogP contribution >= 0.6 is 0 Å². The summed E-state index contributed by atoms with van der Waals surface area (Å²) in [5.41, 5.74) is 6.13. The van der Waals surface area contributed by atoms with Gasteiger partial charge in [0.05, 0.1) is 5.92 Å². The number of rotatable bonds is 3. The molecule has 0 radical (unpaired) electrons. The average Bonchev–Trinajstić information content (AvgIpc) is 2.21. The van der Waals surface area contributed by atoms with Crippen molar-refractivity contribution in [3.63, 3.8) is 0 Å². The van der Waals surface area contributed by atoms with Crippen LogP contribution in [0.1, 0.15) is 45.6 Å². The number of hydrogen-bond donors (Lipinski definition) is 1. The van der Waals surface area contributed by atoms with Crippen molar-refractivity contribution >= 4 is 11.7 Å². The molecule has 1 aromatic carbocycles. The molecule has 18 heavy (non-hydrogen) atoms. The second-order valence-corrected chi connectivity index (χ2v) is 5.27. The number of nitrogens with two attached hydrogens (primary N) is 1. The SMILES string of the molecule is CCC(C(=O)OC(C)(C)C)c1cc(F)ccc1N. The predicted octanol–water partition coefficient (Wildman–Crippen LogP) is 3.24. The highest BCUT2D eigenvalue weighted by Crippen LogP contribution is 2.28. The highest BCUT2D eigenvalue weighted by atomic mass is 19.1. The molecule has 0 saturated heterocycles. The number of halogens is 1. The van der Waals surface area contributed by atoms with Crippen molar-refractivity contribution < 1.29 is 13.9 Å². The van der Waals surface area contributed by atoms with E-state index in [2.05, 4.69) is 0 Å². The number of carbonyl (C=O) groups is 1. The maximum Gasteiger partial charge on any atom is 0.314 e. The van der Waals surface area contributed by atoms with E-state index in [-0.39, 0.29) is 5.97 Å². The van der Waals surface area contributed by atoms with E-state index in [1.165, 1.54) is 18.2 Å². The fourth-order valence-corrected chi connectivity index (χ4v) is 1.73. The molecule has 0 aliphatic carbocycles. The predicted molar refractivity (Wildman–Crippen MR) is 69.7 cm³/mol. The number of carbonyl (C=O) groups excluding carboxylic acids is 1. The van der Waals surface area contributed by atoms with Crippen LogP contribution in [0.2, 0.25) is 0 Å². The maximum atomic E-state index is 13.2. The third kappa shape index (κ3) is 3.72. The van der Waals surface area contributed by atoms with Gasteiger partial charge < -0.3 is 10.5 Å². The third-order valence-corrected chi connectivity index (χ3v) is 2.52. The molecule has 0 aliphatic heterocycles. The summed E-state index contributed by atoms with van der Waals surface area (Å²) >= 11 is 0. The van der Waals surface area contributed by atoms with Crippen molar-refractivity contribution in [3.8, 4) is 0 Å². The summed E-state index contributed by atoms with van der Waals surface area (Å²) in [6.45, 7) is 7.24. The number of benzene rings is 1. The zero-order valence-corrected chi connectivity index (χ0v) is 11.3. The quantitative estimate of drug-likeness (QED) is 0.664. The number of hydrogen-bond acceptors (Lipinski definition) is 3. The van der Waals surface area contributed by atoms with E-state index in [1.807, 2.05) is 6.92 Å². The van der Waals surface area contributed by atoms with E-state index in [0.29, 0.717) is 17.7 Å². The van der Waals surface area contributed by atoms with Crippen LogP contribution in [0.4, 0.5) is 10.1 Å². The van der Waals surface area contributed by atoms with Crippen molar-refractivity contribution in [2.75, 3.05) is 5.73 Å². The zero-order valence-electron chi connectivity index (χ0n) is 11.3. The fraction of sp³-hybridized carbons (Fsp3) is 0.500. The standard InChI is InChI=1S/C14H20FNO2/c1-5-10(13(17)18-14(2,3)4)11-8-9(15)6-7-12(11)16/h6-8,10H,5,16H2,1-4H3. The van der Waals surface area contributed by atoms with Gasteiger partial charge in [-0.2, -0.15) is 0 Å². The van der Waals surface area contributed by atoms with Gasteiger partial charge in [-0.25, -0.2) is 4.39 Å². The Hall–Kier alpha value is -1.58. The maximum absolute atomic E-state index is 13.2. The number of nitrogen functional groups attached to an aromatic ring is 1. The first-order chi connectivity index (χ1) is 8.24. The summed E-state index contributed by atoms with van der Waals surface area (Å²) in [5.74, 6) is -1.30. The minimum Gasteiger partial charge on any atom is -0.459 e. The lowest BCUT2D eigenvalue weighted by atomic mass is 9.94. The number of esters is 1. The van der Waals surface area contributed by atoms with E-state index < -0.39 is 17.3 Å². The van der Waals surface area contributed by atoms with Crippen LogP contribution in [0, 0.1) is 5.82 Å². The van der Waals surface area contributed by atoms with E-state index in [9.17, 15) is 9.18 Å². The van der Waals surface area contributed by atoms with E-state index in [0.717, 1.165) is 0 Å². The van der Waals surface area contributed by atoms with Gasteiger partial charge in [-0.05, 0) is 51.0 Å². The molecule has 0 aliphatic rings. The molecule has 0 aromatic heterocycles. The highest BCUT2D eigenvalue weighted by Gasteiger charge is 2.26. The van der Waals surface area contributed by atoms with E-state index in [1.54, 1.807) is 20.8 Å². The van der Waals surface area contributed by atoms with Crippen LogP contribution in [0.3, 0.4) is 0 Å². The normalized spacial score (nSPS) is 13.2. The van der Waals surface area contributed by atoms with Crippen LogP contribution in [0.25, 0.3) is 0 Å². The second kappa shape index (κ2) is 5.38. The Bertz CT molecular complexity index is 438. The van der Waals surface area contributed by atoms with E-state index >= 15 is 0 Å². The van der Waals surface area contributed by atoms with Crippen molar-refractivity contribution in [2.24, 2.45) is 0 Å². The molecule has 0 bridgehead atoms. The fourth-order valence-electron chi connectivity index (χ4n) is 1.73. The molecule has 1 aromatic rings. The van der Waals surface area contributed by atoms with Crippen molar-refractivity contribution in [1.29, 1.82) is 0 Å². The van der Waals surface area contributed by atoms with Crippen molar-refractivity contribution in [2.45, 2.75) is 45.6 Å². The molecule has 0 heterocycles. The van der Waals surface area contributed by atoms with E-state index in [4.69, 9.17) is 10.5 Å². The summed E-state index contributed by atoms with van der Waals surface area (Å²) in [4.78, 5) is 12.1. The summed E-state index contributed by atoms with van der Waals surface area (Å²) in [6.07, 6.45) is 0.516. The monoisotopic (exact) mass is 253 g/mol. The molecule has 0 fully saturated rings. The molecule has 4 heteroatoms. The highest BCUT2D eigenvalue weighted by molar-refractivity contribution is 5.80. The van der Waals surface area contributed by atoms with Gasteiger partial charge in [0.15, 0.2) is 0 Å². The second-order valence-electron chi connectivity index (χ2n) is 5.27. The molecule has 1 rings (SSSR count). The van der Waals surface area contributed by atoms with Gasteiger partial charge in [0, 0.05) is 5.69 Å². The Morgan fingerprint density at radius 1 is 1.44 bits per heavy atom. The molecule has 0 spiro atoms. The first kappa shape index (κ1) is 14.5. The first-order valence-electron chi connectivity index (χ1n) is 6.02. The van der Waals surface area contributed by atoms with Crippen LogP contribution < -0.4 is 5.73 Å². The third-order valence-electron chi connectivity index (χ3n) is 2.52. The van der Waals surface area contributed by atoms with Gasteiger partial charge in [-0.1, -0.05) is 6.92 Å².